The van der Waals surface area contributed by atoms with Crippen LogP contribution in [0.3, 0.4) is 0 Å². The lowest BCUT2D eigenvalue weighted by atomic mass is 10.0. The van der Waals surface area contributed by atoms with Crippen LogP contribution in [0.25, 0.3) is 0 Å². The van der Waals surface area contributed by atoms with Gasteiger partial charge < -0.3 is 10.6 Å². The van der Waals surface area contributed by atoms with Gasteiger partial charge in [0, 0.05) is 18.8 Å². The highest BCUT2D eigenvalue weighted by atomic mass is 32.2. The van der Waals surface area contributed by atoms with E-state index in [1.165, 1.54) is 16.7 Å². The molecule has 4 heteroatoms. The van der Waals surface area contributed by atoms with E-state index in [2.05, 4.69) is 60.9 Å². The monoisotopic (exact) mass is 293 g/mol. The second-order valence-corrected chi connectivity index (χ2v) is 5.85. The Bertz CT molecular complexity index is 430. The fraction of sp³-hybridized carbons (Fsp3) is 0.562. The number of aryl methyl sites for hydroxylation is 2. The van der Waals surface area contributed by atoms with Crippen LogP contribution in [0.5, 0.6) is 0 Å². The van der Waals surface area contributed by atoms with Crippen LogP contribution < -0.4 is 10.6 Å². The molecule has 0 radical (unpaired) electrons. The molecule has 0 atom stereocenters. The van der Waals surface area contributed by atoms with Gasteiger partial charge in [0.2, 0.25) is 0 Å². The Morgan fingerprint density at radius 3 is 2.70 bits per heavy atom. The van der Waals surface area contributed by atoms with Crippen LogP contribution in [0.1, 0.15) is 23.6 Å². The summed E-state index contributed by atoms with van der Waals surface area (Å²) in [6.07, 6.45) is 3.13. The van der Waals surface area contributed by atoms with Gasteiger partial charge in [-0.1, -0.05) is 23.8 Å². The Kier molecular flexibility index (Phi) is 8.19. The van der Waals surface area contributed by atoms with Gasteiger partial charge in [-0.3, -0.25) is 4.99 Å². The molecular weight excluding hydrogens is 266 g/mol. The molecule has 0 aromatic heterocycles. The predicted octanol–water partition coefficient (Wildman–Crippen LogP) is 2.76. The average molecular weight is 293 g/mol. The summed E-state index contributed by atoms with van der Waals surface area (Å²) in [4.78, 5) is 4.54. The van der Waals surface area contributed by atoms with E-state index in [4.69, 9.17) is 0 Å². The number of thioether (sulfide) groups is 1. The molecule has 112 valence electrons. The van der Waals surface area contributed by atoms with Gasteiger partial charge in [0.05, 0.1) is 6.54 Å². The molecule has 0 heterocycles. The van der Waals surface area contributed by atoms with Crippen molar-refractivity contribution < 1.29 is 0 Å². The number of hydrogen-bond donors (Lipinski definition) is 2. The largest absolute Gasteiger partial charge is 0.357 e. The Hall–Kier alpha value is -1.16. The Morgan fingerprint density at radius 1 is 1.25 bits per heavy atom. The van der Waals surface area contributed by atoms with Gasteiger partial charge in [0.1, 0.15) is 0 Å². The maximum atomic E-state index is 4.54. The van der Waals surface area contributed by atoms with E-state index < -0.39 is 0 Å². The van der Waals surface area contributed by atoms with Crippen molar-refractivity contribution in [2.75, 3.05) is 31.6 Å². The standard InChI is InChI=1S/C16H27N3S/c1-5-17-16(19-10-11-20-4)18-9-8-15-7-6-13(2)12-14(15)3/h6-7,12H,5,8-11H2,1-4H3,(H2,17,18,19). The second-order valence-electron chi connectivity index (χ2n) is 4.86. The zero-order valence-corrected chi connectivity index (χ0v) is 13.9. The number of hydrogen-bond acceptors (Lipinski definition) is 2. The molecule has 1 aromatic rings. The fourth-order valence-corrected chi connectivity index (χ4v) is 2.31. The van der Waals surface area contributed by atoms with Crippen molar-refractivity contribution in [3.8, 4) is 0 Å². The molecule has 0 spiro atoms. The minimum atomic E-state index is 0.861. The minimum Gasteiger partial charge on any atom is -0.357 e. The van der Waals surface area contributed by atoms with E-state index in [0.717, 1.165) is 37.8 Å². The number of nitrogens with zero attached hydrogens (tertiary/aromatic N) is 1. The van der Waals surface area contributed by atoms with E-state index >= 15 is 0 Å². The number of rotatable bonds is 7. The van der Waals surface area contributed by atoms with Crippen LogP contribution in [0.15, 0.2) is 23.2 Å². The summed E-state index contributed by atoms with van der Waals surface area (Å²) in [5.41, 5.74) is 4.10. The molecule has 3 nitrogen and oxygen atoms in total. The maximum absolute atomic E-state index is 4.54. The summed E-state index contributed by atoms with van der Waals surface area (Å²) in [5, 5.41) is 6.68. The zero-order chi connectivity index (χ0) is 14.8. The van der Waals surface area contributed by atoms with Crippen LogP contribution >= 0.6 is 11.8 Å². The smallest absolute Gasteiger partial charge is 0.191 e. The van der Waals surface area contributed by atoms with Crippen molar-refractivity contribution in [2.24, 2.45) is 4.99 Å². The normalized spacial score (nSPS) is 11.5. The summed E-state index contributed by atoms with van der Waals surface area (Å²) in [6, 6.07) is 6.65. The Balaban J connectivity index is 2.45. The lowest BCUT2D eigenvalue weighted by Crippen LogP contribution is -2.38. The van der Waals surface area contributed by atoms with Crippen molar-refractivity contribution in [1.82, 2.24) is 10.6 Å². The van der Waals surface area contributed by atoms with Crippen molar-refractivity contribution in [1.29, 1.82) is 0 Å². The van der Waals surface area contributed by atoms with Gasteiger partial charge in [-0.25, -0.2) is 0 Å². The number of guanidine groups is 1. The molecule has 0 saturated heterocycles. The SMILES string of the molecule is CCNC(=NCCSC)NCCc1ccc(C)cc1C. The van der Waals surface area contributed by atoms with E-state index in [1.807, 2.05) is 11.8 Å². The number of benzene rings is 1. The number of aliphatic imine (C=N–C) groups is 1. The van der Waals surface area contributed by atoms with Crippen molar-refractivity contribution in [3.63, 3.8) is 0 Å². The molecule has 20 heavy (non-hydrogen) atoms. The van der Waals surface area contributed by atoms with E-state index in [0.29, 0.717) is 0 Å². The maximum Gasteiger partial charge on any atom is 0.191 e. The highest BCUT2D eigenvalue weighted by Crippen LogP contribution is 2.10. The first kappa shape index (κ1) is 16.9. The Labute approximate surface area is 127 Å². The van der Waals surface area contributed by atoms with Crippen molar-refractivity contribution >= 4 is 17.7 Å². The fourth-order valence-electron chi connectivity index (χ4n) is 2.03. The van der Waals surface area contributed by atoms with Crippen molar-refractivity contribution in [2.45, 2.75) is 27.2 Å². The van der Waals surface area contributed by atoms with Crippen molar-refractivity contribution in [3.05, 3.63) is 34.9 Å². The summed E-state index contributed by atoms with van der Waals surface area (Å²) < 4.78 is 0. The average Bonchev–Trinajstić information content (AvgIpc) is 2.41. The molecular formula is C16H27N3S. The van der Waals surface area contributed by atoms with Gasteiger partial charge >= 0.3 is 0 Å². The molecule has 0 bridgehead atoms. The first-order chi connectivity index (χ1) is 9.67. The van der Waals surface area contributed by atoms with Gasteiger partial charge in [-0.15, -0.1) is 0 Å². The van der Waals surface area contributed by atoms with Crippen LogP contribution in [-0.4, -0.2) is 37.6 Å². The van der Waals surface area contributed by atoms with Crippen LogP contribution in [0.2, 0.25) is 0 Å². The summed E-state index contributed by atoms with van der Waals surface area (Å²) in [7, 11) is 0. The number of nitrogens with one attached hydrogen (secondary N) is 2. The first-order valence-electron chi connectivity index (χ1n) is 7.24. The molecule has 0 fully saturated rings. The molecule has 0 amide bonds. The molecule has 0 unspecified atom stereocenters. The summed E-state index contributed by atoms with van der Waals surface area (Å²) in [6.45, 7) is 9.08. The van der Waals surface area contributed by atoms with Crippen LogP contribution in [-0.2, 0) is 6.42 Å². The lowest BCUT2D eigenvalue weighted by Gasteiger charge is -2.12. The summed E-state index contributed by atoms with van der Waals surface area (Å²) >= 11 is 1.82. The molecule has 0 aliphatic rings. The third-order valence-electron chi connectivity index (χ3n) is 3.09. The first-order valence-corrected chi connectivity index (χ1v) is 8.64. The molecule has 0 saturated carbocycles. The Morgan fingerprint density at radius 2 is 2.05 bits per heavy atom. The van der Waals surface area contributed by atoms with Crippen LogP contribution in [0, 0.1) is 13.8 Å². The third-order valence-corrected chi connectivity index (χ3v) is 3.69. The predicted molar refractivity (Wildman–Crippen MR) is 92.0 cm³/mol. The van der Waals surface area contributed by atoms with E-state index in [-0.39, 0.29) is 0 Å². The van der Waals surface area contributed by atoms with E-state index in [1.54, 1.807) is 0 Å². The lowest BCUT2D eigenvalue weighted by molar-refractivity contribution is 0.801. The minimum absolute atomic E-state index is 0.861. The van der Waals surface area contributed by atoms with Gasteiger partial charge in [0.15, 0.2) is 5.96 Å². The topological polar surface area (TPSA) is 36.4 Å². The molecule has 0 aliphatic carbocycles. The zero-order valence-electron chi connectivity index (χ0n) is 13.1. The highest BCUT2D eigenvalue weighted by molar-refractivity contribution is 7.98. The van der Waals surface area contributed by atoms with Gasteiger partial charge in [-0.2, -0.15) is 11.8 Å². The third kappa shape index (κ3) is 6.33. The van der Waals surface area contributed by atoms with Gasteiger partial charge in [0.25, 0.3) is 0 Å². The van der Waals surface area contributed by atoms with Crippen LogP contribution in [0.4, 0.5) is 0 Å². The molecule has 1 aromatic carbocycles. The van der Waals surface area contributed by atoms with E-state index in [9.17, 15) is 0 Å². The molecule has 2 N–H and O–H groups in total. The highest BCUT2D eigenvalue weighted by Gasteiger charge is 2.00. The molecule has 0 aliphatic heterocycles. The molecule has 1 rings (SSSR count). The van der Waals surface area contributed by atoms with Gasteiger partial charge in [-0.05, 0) is 44.6 Å². The summed E-state index contributed by atoms with van der Waals surface area (Å²) in [5.74, 6) is 1.99. The second kappa shape index (κ2) is 9.70. The quantitative estimate of drug-likeness (QED) is 0.461.